The average Bonchev–Trinajstić information content (AvgIpc) is 3.03. The van der Waals surface area contributed by atoms with Crippen LogP contribution in [0.5, 0.6) is 0 Å². The summed E-state index contributed by atoms with van der Waals surface area (Å²) < 4.78 is 23.7. The highest BCUT2D eigenvalue weighted by atomic mass is 35.5. The zero-order valence-electron chi connectivity index (χ0n) is 24.0. The van der Waals surface area contributed by atoms with E-state index < -0.39 is 36.5 Å². The Morgan fingerprint density at radius 2 is 1.60 bits per heavy atom. The number of pyridine rings is 1. The van der Waals surface area contributed by atoms with Crippen molar-refractivity contribution in [2.75, 3.05) is 31.8 Å². The Labute approximate surface area is 255 Å². The molecule has 4 aromatic rings. The number of esters is 2. The standard InChI is InChI=1S/C33H34ClN3O6/c1-22-29(42-32(38)23-9-5-3-6-10-23)20-30(43-33(39)24-11-7-4-8-12-24)31(41-22)36-21-40-18-17-37(2)28-15-16-35-27-19-25(34)13-14-26(27)28/h3-16,19,22,29-31,36H,17-18,20-21H2,1-2H3/t22-,29-,30-,31?/m0/s1. The van der Waals surface area contributed by atoms with Crippen molar-refractivity contribution in [1.82, 2.24) is 10.3 Å². The average molecular weight is 604 g/mol. The van der Waals surface area contributed by atoms with E-state index in [1.54, 1.807) is 54.7 Å². The Balaban J connectivity index is 1.18. The van der Waals surface area contributed by atoms with Crippen LogP contribution in [0.4, 0.5) is 5.69 Å². The molecular formula is C33H34ClN3O6. The number of halogens is 1. The van der Waals surface area contributed by atoms with Crippen LogP contribution < -0.4 is 10.2 Å². The van der Waals surface area contributed by atoms with Gasteiger partial charge in [-0.15, -0.1) is 0 Å². The largest absolute Gasteiger partial charge is 0.456 e. The number of hydrogen-bond donors (Lipinski definition) is 1. The maximum Gasteiger partial charge on any atom is 0.338 e. The molecule has 0 saturated carbocycles. The van der Waals surface area contributed by atoms with Gasteiger partial charge in [0.15, 0.2) is 0 Å². The van der Waals surface area contributed by atoms with Crippen molar-refractivity contribution in [3.8, 4) is 0 Å². The van der Waals surface area contributed by atoms with Crippen molar-refractivity contribution in [3.05, 3.63) is 107 Å². The van der Waals surface area contributed by atoms with Crippen molar-refractivity contribution >= 4 is 40.1 Å². The number of fused-ring (bicyclic) bond motifs is 1. The van der Waals surface area contributed by atoms with Crippen molar-refractivity contribution in [1.29, 1.82) is 0 Å². The molecular weight excluding hydrogens is 570 g/mol. The SMILES string of the molecule is C[C@@H]1OC(NCOCCN(C)c2ccnc3cc(Cl)ccc23)[C@@H](OC(=O)c2ccccc2)C[C@@H]1OC(=O)c1ccccc1. The van der Waals surface area contributed by atoms with Gasteiger partial charge in [0.25, 0.3) is 0 Å². The summed E-state index contributed by atoms with van der Waals surface area (Å²) in [6.45, 7) is 3.03. The van der Waals surface area contributed by atoms with E-state index in [0.717, 1.165) is 16.6 Å². The molecule has 0 aliphatic carbocycles. The maximum absolute atomic E-state index is 12.9. The second-order valence-electron chi connectivity index (χ2n) is 10.3. The smallest absolute Gasteiger partial charge is 0.338 e. The monoisotopic (exact) mass is 603 g/mol. The van der Waals surface area contributed by atoms with Gasteiger partial charge in [-0.2, -0.15) is 0 Å². The molecule has 4 atom stereocenters. The number of ether oxygens (including phenoxy) is 4. The molecule has 5 rings (SSSR count). The van der Waals surface area contributed by atoms with Crippen LogP contribution in [-0.4, -0.2) is 68.4 Å². The van der Waals surface area contributed by atoms with E-state index in [1.165, 1.54) is 0 Å². The highest BCUT2D eigenvalue weighted by Gasteiger charge is 2.40. The van der Waals surface area contributed by atoms with Crippen LogP contribution >= 0.6 is 11.6 Å². The number of carbonyl (C=O) groups is 2. The van der Waals surface area contributed by atoms with Gasteiger partial charge in [-0.25, -0.2) is 9.59 Å². The lowest BCUT2D eigenvalue weighted by atomic mass is 10.0. The molecule has 1 saturated heterocycles. The number of rotatable bonds is 11. The number of carbonyl (C=O) groups excluding carboxylic acids is 2. The van der Waals surface area contributed by atoms with E-state index >= 15 is 0 Å². The van der Waals surface area contributed by atoms with E-state index in [4.69, 9.17) is 30.5 Å². The van der Waals surface area contributed by atoms with Gasteiger partial charge < -0.3 is 23.8 Å². The molecule has 224 valence electrons. The Morgan fingerprint density at radius 3 is 2.28 bits per heavy atom. The van der Waals surface area contributed by atoms with Crippen LogP contribution in [0.2, 0.25) is 5.02 Å². The van der Waals surface area contributed by atoms with Crippen LogP contribution in [-0.2, 0) is 18.9 Å². The number of hydrogen-bond acceptors (Lipinski definition) is 9. The molecule has 1 N–H and O–H groups in total. The molecule has 1 aromatic heterocycles. The third kappa shape index (κ3) is 7.88. The van der Waals surface area contributed by atoms with E-state index in [-0.39, 0.29) is 13.2 Å². The minimum atomic E-state index is -0.723. The van der Waals surface area contributed by atoms with E-state index in [9.17, 15) is 9.59 Å². The first-order chi connectivity index (χ1) is 20.9. The van der Waals surface area contributed by atoms with Crippen molar-refractivity contribution in [2.24, 2.45) is 0 Å². The summed E-state index contributed by atoms with van der Waals surface area (Å²) in [5, 5.41) is 4.85. The molecule has 2 heterocycles. The van der Waals surface area contributed by atoms with Gasteiger partial charge in [-0.3, -0.25) is 10.3 Å². The molecule has 10 heteroatoms. The first kappa shape index (κ1) is 30.4. The predicted molar refractivity (Wildman–Crippen MR) is 164 cm³/mol. The number of nitrogens with one attached hydrogen (secondary N) is 1. The van der Waals surface area contributed by atoms with Crippen molar-refractivity contribution in [2.45, 2.75) is 37.9 Å². The Kier molecular flexibility index (Phi) is 10.2. The summed E-state index contributed by atoms with van der Waals surface area (Å²) in [5.41, 5.74) is 2.70. The number of likely N-dealkylation sites (N-methyl/N-ethyl adjacent to an activating group) is 1. The second kappa shape index (κ2) is 14.4. The van der Waals surface area contributed by atoms with Gasteiger partial charge in [0, 0.05) is 42.3 Å². The summed E-state index contributed by atoms with van der Waals surface area (Å²) in [7, 11) is 1.99. The molecule has 1 fully saturated rings. The lowest BCUT2D eigenvalue weighted by Gasteiger charge is -2.39. The van der Waals surface area contributed by atoms with Gasteiger partial charge in [-0.05, 0) is 55.5 Å². The summed E-state index contributed by atoms with van der Waals surface area (Å²) >= 11 is 6.13. The van der Waals surface area contributed by atoms with Gasteiger partial charge in [-0.1, -0.05) is 48.0 Å². The molecule has 0 amide bonds. The highest BCUT2D eigenvalue weighted by molar-refractivity contribution is 6.31. The van der Waals surface area contributed by atoms with E-state index in [0.29, 0.717) is 29.3 Å². The topological polar surface area (TPSA) is 99.2 Å². The minimum absolute atomic E-state index is 0.159. The quantitative estimate of drug-likeness (QED) is 0.136. The third-order valence-electron chi connectivity index (χ3n) is 7.27. The van der Waals surface area contributed by atoms with Gasteiger partial charge >= 0.3 is 11.9 Å². The fourth-order valence-electron chi connectivity index (χ4n) is 4.92. The zero-order chi connectivity index (χ0) is 30.2. The first-order valence-corrected chi connectivity index (χ1v) is 14.5. The summed E-state index contributed by atoms with van der Waals surface area (Å²) in [5.74, 6) is -0.949. The van der Waals surface area contributed by atoms with E-state index in [1.807, 2.05) is 50.4 Å². The second-order valence-corrected chi connectivity index (χ2v) is 10.7. The van der Waals surface area contributed by atoms with Crippen molar-refractivity contribution in [3.63, 3.8) is 0 Å². The predicted octanol–water partition coefficient (Wildman–Crippen LogP) is 5.47. The molecule has 43 heavy (non-hydrogen) atoms. The summed E-state index contributed by atoms with van der Waals surface area (Å²) in [6.07, 6.45) is -0.428. The van der Waals surface area contributed by atoms with Crippen LogP contribution in [0.25, 0.3) is 10.9 Å². The minimum Gasteiger partial charge on any atom is -0.456 e. The lowest BCUT2D eigenvalue weighted by Crippen LogP contribution is -2.55. The number of anilines is 1. The molecule has 1 aliphatic heterocycles. The summed E-state index contributed by atoms with van der Waals surface area (Å²) in [4.78, 5) is 32.2. The van der Waals surface area contributed by atoms with Crippen molar-refractivity contribution < 1.29 is 28.5 Å². The number of nitrogens with zero attached hydrogens (tertiary/aromatic N) is 2. The van der Waals surface area contributed by atoms with Gasteiger partial charge in [0.1, 0.15) is 18.4 Å². The van der Waals surface area contributed by atoms with Crippen LogP contribution in [0.1, 0.15) is 34.1 Å². The molecule has 9 nitrogen and oxygen atoms in total. The maximum atomic E-state index is 12.9. The molecule has 3 aromatic carbocycles. The number of benzene rings is 3. The zero-order valence-corrected chi connectivity index (χ0v) is 24.8. The number of aromatic nitrogens is 1. The Hall–Kier alpha value is -4.02. The highest BCUT2D eigenvalue weighted by Crippen LogP contribution is 2.27. The summed E-state index contributed by atoms with van der Waals surface area (Å²) in [6, 6.07) is 25.1. The molecule has 0 radical (unpaired) electrons. The fourth-order valence-corrected chi connectivity index (χ4v) is 5.08. The third-order valence-corrected chi connectivity index (χ3v) is 7.51. The normalized spacial score (nSPS) is 20.0. The van der Waals surface area contributed by atoms with E-state index in [2.05, 4.69) is 15.2 Å². The molecule has 0 spiro atoms. The van der Waals surface area contributed by atoms with Gasteiger partial charge in [0.2, 0.25) is 0 Å². The molecule has 1 unspecified atom stereocenters. The fraction of sp³-hybridized carbons (Fsp3) is 0.303. The first-order valence-electron chi connectivity index (χ1n) is 14.1. The van der Waals surface area contributed by atoms with Gasteiger partial charge in [0.05, 0.1) is 36.1 Å². The van der Waals surface area contributed by atoms with Crippen LogP contribution in [0, 0.1) is 0 Å². The van der Waals surface area contributed by atoms with Crippen LogP contribution in [0.3, 0.4) is 0 Å². The van der Waals surface area contributed by atoms with Crippen LogP contribution in [0.15, 0.2) is 91.1 Å². The Morgan fingerprint density at radius 1 is 0.953 bits per heavy atom. The molecule has 1 aliphatic rings. The lowest BCUT2D eigenvalue weighted by molar-refractivity contribution is -0.180. The molecule has 0 bridgehead atoms. The Bertz CT molecular complexity index is 1520.